The standard InChI is InChI=1S/C29H32O4/c1-3-20-15-26(31-18-21-8-6-5-7-9-21)17-27(16-20)32-19-28(30)33-29(4-2)24-11-22-10-23(13-24)14-25(29)12-22/h1,5-9,15-17,22-25H,4,10-14,18-19H2,2H3. The van der Waals surface area contributed by atoms with Crippen LogP contribution in [0.3, 0.4) is 0 Å². The van der Waals surface area contributed by atoms with E-state index in [2.05, 4.69) is 12.8 Å². The van der Waals surface area contributed by atoms with E-state index in [4.69, 9.17) is 20.6 Å². The van der Waals surface area contributed by atoms with Crippen molar-refractivity contribution in [3.8, 4) is 23.8 Å². The first-order valence-electron chi connectivity index (χ1n) is 12.2. The quantitative estimate of drug-likeness (QED) is 0.383. The minimum absolute atomic E-state index is 0.125. The fourth-order valence-corrected chi connectivity index (χ4v) is 6.74. The molecule has 33 heavy (non-hydrogen) atoms. The predicted molar refractivity (Wildman–Crippen MR) is 127 cm³/mol. The first kappa shape index (κ1) is 21.9. The molecule has 4 aliphatic rings. The fourth-order valence-electron chi connectivity index (χ4n) is 6.74. The van der Waals surface area contributed by atoms with E-state index in [1.165, 1.54) is 32.1 Å². The van der Waals surface area contributed by atoms with Crippen LogP contribution in [0, 0.1) is 36.0 Å². The van der Waals surface area contributed by atoms with Crippen molar-refractivity contribution in [2.24, 2.45) is 23.7 Å². The smallest absolute Gasteiger partial charge is 0.344 e. The van der Waals surface area contributed by atoms with Gasteiger partial charge in [0.1, 0.15) is 23.7 Å². The molecule has 0 aromatic heterocycles. The van der Waals surface area contributed by atoms with Crippen molar-refractivity contribution in [3.05, 3.63) is 59.7 Å². The Bertz CT molecular complexity index is 1010. The van der Waals surface area contributed by atoms with E-state index in [-0.39, 0.29) is 18.2 Å². The van der Waals surface area contributed by atoms with Crippen LogP contribution in [0.4, 0.5) is 0 Å². The molecule has 2 aromatic rings. The predicted octanol–water partition coefficient (Wildman–Crippen LogP) is 5.77. The average Bonchev–Trinajstić information content (AvgIpc) is 2.84. The highest BCUT2D eigenvalue weighted by molar-refractivity contribution is 5.72. The maximum absolute atomic E-state index is 12.9. The average molecular weight is 445 g/mol. The van der Waals surface area contributed by atoms with Crippen molar-refractivity contribution < 1.29 is 19.0 Å². The third-order valence-corrected chi connectivity index (χ3v) is 8.03. The van der Waals surface area contributed by atoms with Crippen LogP contribution >= 0.6 is 0 Å². The topological polar surface area (TPSA) is 44.8 Å². The van der Waals surface area contributed by atoms with Crippen LogP contribution in [0.15, 0.2) is 48.5 Å². The summed E-state index contributed by atoms with van der Waals surface area (Å²) in [5.41, 5.74) is 1.41. The lowest BCUT2D eigenvalue weighted by Gasteiger charge is -2.60. The van der Waals surface area contributed by atoms with Crippen LogP contribution in [-0.2, 0) is 16.1 Å². The molecular formula is C29H32O4. The van der Waals surface area contributed by atoms with E-state index in [0.29, 0.717) is 35.5 Å². The Labute approximate surface area is 196 Å². The molecule has 0 N–H and O–H groups in total. The number of benzene rings is 2. The summed E-state index contributed by atoms with van der Waals surface area (Å²) in [6.45, 7) is 2.48. The lowest BCUT2D eigenvalue weighted by atomic mass is 9.49. The molecule has 0 heterocycles. The second-order valence-electron chi connectivity index (χ2n) is 9.99. The van der Waals surface area contributed by atoms with Gasteiger partial charge in [0.15, 0.2) is 6.61 Å². The summed E-state index contributed by atoms with van der Waals surface area (Å²) in [6.07, 6.45) is 12.7. The first-order valence-corrected chi connectivity index (χ1v) is 12.2. The van der Waals surface area contributed by atoms with Crippen LogP contribution in [0.1, 0.15) is 56.6 Å². The van der Waals surface area contributed by atoms with Gasteiger partial charge in [0.05, 0.1) is 0 Å². The zero-order chi connectivity index (χ0) is 22.8. The number of carbonyl (C=O) groups excluding carboxylic acids is 1. The van der Waals surface area contributed by atoms with Crippen LogP contribution in [0.2, 0.25) is 0 Å². The molecule has 0 radical (unpaired) electrons. The highest BCUT2D eigenvalue weighted by atomic mass is 16.6. The van der Waals surface area contributed by atoms with Crippen LogP contribution < -0.4 is 9.47 Å². The molecule has 2 aromatic carbocycles. The highest BCUT2D eigenvalue weighted by Gasteiger charge is 2.58. The zero-order valence-electron chi connectivity index (χ0n) is 19.3. The Morgan fingerprint density at radius 1 is 0.970 bits per heavy atom. The van der Waals surface area contributed by atoms with E-state index < -0.39 is 0 Å². The Morgan fingerprint density at radius 2 is 1.61 bits per heavy atom. The third-order valence-electron chi connectivity index (χ3n) is 8.03. The van der Waals surface area contributed by atoms with Gasteiger partial charge in [0, 0.05) is 11.6 Å². The van der Waals surface area contributed by atoms with Gasteiger partial charge >= 0.3 is 5.97 Å². The summed E-state index contributed by atoms with van der Waals surface area (Å²) in [6, 6.07) is 15.3. The second kappa shape index (κ2) is 9.14. The minimum Gasteiger partial charge on any atom is -0.489 e. The number of hydrogen-bond acceptors (Lipinski definition) is 4. The fraction of sp³-hybridized carbons (Fsp3) is 0.483. The van der Waals surface area contributed by atoms with Crippen LogP contribution in [-0.4, -0.2) is 18.2 Å². The number of rotatable bonds is 8. The summed E-state index contributed by atoms with van der Waals surface area (Å²) >= 11 is 0. The lowest BCUT2D eigenvalue weighted by Crippen LogP contribution is -2.59. The van der Waals surface area contributed by atoms with Crippen molar-refractivity contribution in [2.45, 2.75) is 57.7 Å². The molecule has 4 heteroatoms. The molecule has 0 saturated heterocycles. The molecule has 0 atom stereocenters. The molecule has 6 rings (SSSR count). The number of terminal acetylenes is 1. The Hall–Kier alpha value is -2.93. The zero-order valence-corrected chi connectivity index (χ0v) is 19.3. The van der Waals surface area contributed by atoms with Gasteiger partial charge in [-0.15, -0.1) is 6.42 Å². The van der Waals surface area contributed by atoms with Crippen LogP contribution in [0.5, 0.6) is 11.5 Å². The monoisotopic (exact) mass is 444 g/mol. The molecule has 172 valence electrons. The van der Waals surface area contributed by atoms with E-state index >= 15 is 0 Å². The highest BCUT2D eigenvalue weighted by Crippen LogP contribution is 2.60. The van der Waals surface area contributed by atoms with Crippen LogP contribution in [0.25, 0.3) is 0 Å². The number of ether oxygens (including phenoxy) is 3. The summed E-state index contributed by atoms with van der Waals surface area (Å²) in [5, 5.41) is 0. The number of carbonyl (C=O) groups is 1. The summed E-state index contributed by atoms with van der Waals surface area (Å²) < 4.78 is 18.0. The number of esters is 1. The van der Waals surface area contributed by atoms with Gasteiger partial charge in [0.25, 0.3) is 0 Å². The summed E-state index contributed by atoms with van der Waals surface area (Å²) in [4.78, 5) is 12.9. The van der Waals surface area contributed by atoms with Crippen molar-refractivity contribution in [2.75, 3.05) is 6.61 Å². The Kier molecular flexibility index (Phi) is 6.06. The second-order valence-corrected chi connectivity index (χ2v) is 9.99. The van der Waals surface area contributed by atoms with Gasteiger partial charge < -0.3 is 14.2 Å². The van der Waals surface area contributed by atoms with Gasteiger partial charge in [-0.1, -0.05) is 43.2 Å². The Balaban J connectivity index is 1.22. The van der Waals surface area contributed by atoms with Crippen molar-refractivity contribution in [1.29, 1.82) is 0 Å². The molecule has 0 amide bonds. The van der Waals surface area contributed by atoms with Crippen molar-refractivity contribution in [3.63, 3.8) is 0 Å². The summed E-state index contributed by atoms with van der Waals surface area (Å²) in [7, 11) is 0. The normalized spacial score (nSPS) is 29.3. The molecule has 4 nitrogen and oxygen atoms in total. The molecule has 0 spiro atoms. The Morgan fingerprint density at radius 3 is 2.21 bits per heavy atom. The molecule has 4 saturated carbocycles. The van der Waals surface area contributed by atoms with E-state index in [1.807, 2.05) is 30.3 Å². The SMILES string of the molecule is C#Cc1cc(OCC(=O)OC2(CC)C3CC4CC(C3)CC2C4)cc(OCc2ccccc2)c1. The maximum Gasteiger partial charge on any atom is 0.344 e. The molecular weight excluding hydrogens is 412 g/mol. The summed E-state index contributed by atoms with van der Waals surface area (Å²) in [5.74, 6) is 6.16. The minimum atomic E-state index is -0.307. The van der Waals surface area contributed by atoms with Gasteiger partial charge in [0.2, 0.25) is 0 Å². The van der Waals surface area contributed by atoms with Crippen molar-refractivity contribution in [1.82, 2.24) is 0 Å². The van der Waals surface area contributed by atoms with E-state index in [1.54, 1.807) is 18.2 Å². The first-order chi connectivity index (χ1) is 16.1. The van der Waals surface area contributed by atoms with Gasteiger partial charge in [-0.2, -0.15) is 0 Å². The molecule has 4 bridgehead atoms. The number of hydrogen-bond donors (Lipinski definition) is 0. The third kappa shape index (κ3) is 4.47. The van der Waals surface area contributed by atoms with Crippen molar-refractivity contribution >= 4 is 5.97 Å². The van der Waals surface area contributed by atoms with E-state index in [0.717, 1.165) is 23.8 Å². The molecule has 4 fully saturated rings. The van der Waals surface area contributed by atoms with Gasteiger partial charge in [-0.05, 0) is 79.9 Å². The molecule has 4 aliphatic carbocycles. The maximum atomic E-state index is 12.9. The largest absolute Gasteiger partial charge is 0.489 e. The molecule has 0 aliphatic heterocycles. The van der Waals surface area contributed by atoms with Gasteiger partial charge in [-0.3, -0.25) is 0 Å². The van der Waals surface area contributed by atoms with E-state index in [9.17, 15) is 4.79 Å². The lowest BCUT2D eigenvalue weighted by molar-refractivity contribution is -0.212. The molecule has 0 unspecified atom stereocenters. The van der Waals surface area contributed by atoms with Gasteiger partial charge in [-0.25, -0.2) is 4.79 Å².